The molecule has 1 atom stereocenters. The number of nitrogens with one attached hydrogen (secondary N) is 1. The molecule has 1 aromatic heterocycles. The van der Waals surface area contributed by atoms with E-state index in [9.17, 15) is 9.59 Å². The van der Waals surface area contributed by atoms with Crippen LogP contribution < -0.4 is 16.8 Å². The highest BCUT2D eigenvalue weighted by Gasteiger charge is 2.21. The van der Waals surface area contributed by atoms with E-state index in [2.05, 4.69) is 10.3 Å². The highest BCUT2D eigenvalue weighted by molar-refractivity contribution is 6.33. The number of primary amides is 2. The van der Waals surface area contributed by atoms with Gasteiger partial charge in [0.05, 0.1) is 10.6 Å². The molecule has 1 aromatic rings. The Bertz CT molecular complexity index is 476. The molecule has 0 bridgehead atoms. The number of rotatable bonds is 5. The Hall–Kier alpha value is -1.82. The fourth-order valence-electron chi connectivity index (χ4n) is 1.39. The predicted octanol–water partition coefficient (Wildman–Crippen LogP) is 0.756. The standard InChI is InChI=1S/C11H15ClN4O2/c1-5(2)8(10(14)18)16-11-7(12)3-6(4-15-11)9(13)17/h3-5,8H,1-2H3,(H2,13,17)(H2,14,18)(H,15,16). The lowest BCUT2D eigenvalue weighted by molar-refractivity contribution is -0.119. The topological polar surface area (TPSA) is 111 Å². The maximum Gasteiger partial charge on any atom is 0.250 e. The van der Waals surface area contributed by atoms with Crippen LogP contribution in [-0.2, 0) is 4.79 Å². The Labute approximate surface area is 110 Å². The van der Waals surface area contributed by atoms with Gasteiger partial charge in [0.1, 0.15) is 11.9 Å². The third-order valence-electron chi connectivity index (χ3n) is 2.39. The SMILES string of the molecule is CC(C)C(Nc1ncc(C(N)=O)cc1Cl)C(N)=O. The molecule has 0 aliphatic heterocycles. The van der Waals surface area contributed by atoms with Crippen LogP contribution in [0.3, 0.4) is 0 Å². The van der Waals surface area contributed by atoms with Crippen LogP contribution >= 0.6 is 11.6 Å². The van der Waals surface area contributed by atoms with Crippen LogP contribution in [0.4, 0.5) is 5.82 Å². The average Bonchev–Trinajstić information content (AvgIpc) is 2.25. The number of nitrogens with two attached hydrogens (primary N) is 2. The van der Waals surface area contributed by atoms with E-state index in [1.165, 1.54) is 12.3 Å². The van der Waals surface area contributed by atoms with Gasteiger partial charge in [-0.2, -0.15) is 0 Å². The molecule has 6 nitrogen and oxygen atoms in total. The van der Waals surface area contributed by atoms with Gasteiger partial charge in [-0.3, -0.25) is 9.59 Å². The summed E-state index contributed by atoms with van der Waals surface area (Å²) < 4.78 is 0. The molecule has 1 unspecified atom stereocenters. The Balaban J connectivity index is 2.97. The minimum Gasteiger partial charge on any atom is -0.368 e. The molecule has 0 saturated heterocycles. The Morgan fingerprint density at radius 1 is 1.39 bits per heavy atom. The zero-order valence-corrected chi connectivity index (χ0v) is 10.9. The van der Waals surface area contributed by atoms with Crippen LogP contribution in [-0.4, -0.2) is 22.8 Å². The van der Waals surface area contributed by atoms with Crippen molar-refractivity contribution in [2.75, 3.05) is 5.32 Å². The van der Waals surface area contributed by atoms with E-state index in [1.807, 2.05) is 13.8 Å². The molecule has 0 aliphatic carbocycles. The van der Waals surface area contributed by atoms with Crippen LogP contribution in [0.1, 0.15) is 24.2 Å². The zero-order valence-electron chi connectivity index (χ0n) is 10.1. The van der Waals surface area contributed by atoms with Gasteiger partial charge in [0.2, 0.25) is 11.8 Å². The van der Waals surface area contributed by atoms with Crippen molar-refractivity contribution in [2.24, 2.45) is 17.4 Å². The quantitative estimate of drug-likeness (QED) is 0.733. The summed E-state index contributed by atoms with van der Waals surface area (Å²) in [5.74, 6) is -0.844. The first-order valence-corrected chi connectivity index (χ1v) is 5.72. The van der Waals surface area contributed by atoms with Gasteiger partial charge < -0.3 is 16.8 Å². The molecule has 18 heavy (non-hydrogen) atoms. The largest absolute Gasteiger partial charge is 0.368 e. The number of pyridine rings is 1. The van der Waals surface area contributed by atoms with Gasteiger partial charge >= 0.3 is 0 Å². The van der Waals surface area contributed by atoms with E-state index >= 15 is 0 Å². The van der Waals surface area contributed by atoms with Crippen molar-refractivity contribution in [3.05, 3.63) is 22.8 Å². The monoisotopic (exact) mass is 270 g/mol. The summed E-state index contributed by atoms with van der Waals surface area (Å²) in [6, 6.07) is 0.798. The Kier molecular flexibility index (Phi) is 4.49. The first-order valence-electron chi connectivity index (χ1n) is 5.34. The van der Waals surface area contributed by atoms with E-state index in [0.717, 1.165) is 0 Å². The lowest BCUT2D eigenvalue weighted by Gasteiger charge is -2.20. The van der Waals surface area contributed by atoms with Gasteiger partial charge in [-0.15, -0.1) is 0 Å². The molecule has 0 spiro atoms. The Morgan fingerprint density at radius 3 is 2.39 bits per heavy atom. The summed E-state index contributed by atoms with van der Waals surface area (Å²) >= 11 is 5.94. The summed E-state index contributed by atoms with van der Waals surface area (Å²) in [7, 11) is 0. The van der Waals surface area contributed by atoms with Crippen LogP contribution in [0.15, 0.2) is 12.3 Å². The molecular weight excluding hydrogens is 256 g/mol. The van der Waals surface area contributed by atoms with Gasteiger partial charge in [0.15, 0.2) is 0 Å². The fourth-order valence-corrected chi connectivity index (χ4v) is 1.61. The molecule has 0 aliphatic rings. The molecule has 0 saturated carbocycles. The molecular formula is C11H15ClN4O2. The number of carbonyl (C=O) groups is 2. The molecule has 2 amide bonds. The lowest BCUT2D eigenvalue weighted by Crippen LogP contribution is -2.39. The minimum absolute atomic E-state index is 0.0174. The molecule has 0 fully saturated rings. The number of hydrogen-bond acceptors (Lipinski definition) is 4. The number of carbonyl (C=O) groups excluding carboxylic acids is 2. The van der Waals surface area contributed by atoms with E-state index in [-0.39, 0.29) is 16.5 Å². The maximum atomic E-state index is 11.2. The molecule has 98 valence electrons. The summed E-state index contributed by atoms with van der Waals surface area (Å²) in [5.41, 5.74) is 10.6. The second kappa shape index (κ2) is 5.68. The van der Waals surface area contributed by atoms with Gasteiger partial charge in [-0.1, -0.05) is 25.4 Å². The van der Waals surface area contributed by atoms with E-state index in [0.29, 0.717) is 5.82 Å². The van der Waals surface area contributed by atoms with Gasteiger partial charge in [0.25, 0.3) is 0 Å². The Morgan fingerprint density at radius 2 is 2.00 bits per heavy atom. The molecule has 0 radical (unpaired) electrons. The van der Waals surface area contributed by atoms with Crippen LogP contribution in [0.25, 0.3) is 0 Å². The normalized spacial score (nSPS) is 12.2. The van der Waals surface area contributed by atoms with Crippen molar-refractivity contribution in [1.29, 1.82) is 0 Å². The van der Waals surface area contributed by atoms with Crippen LogP contribution in [0.2, 0.25) is 5.02 Å². The van der Waals surface area contributed by atoms with Crippen LogP contribution in [0.5, 0.6) is 0 Å². The van der Waals surface area contributed by atoms with Crippen molar-refractivity contribution in [3.63, 3.8) is 0 Å². The first-order chi connectivity index (χ1) is 8.32. The molecule has 7 heteroatoms. The van der Waals surface area contributed by atoms with Crippen molar-refractivity contribution < 1.29 is 9.59 Å². The zero-order chi connectivity index (χ0) is 13.9. The third kappa shape index (κ3) is 3.33. The average molecular weight is 271 g/mol. The molecule has 1 rings (SSSR count). The second-order valence-electron chi connectivity index (χ2n) is 4.19. The van der Waals surface area contributed by atoms with Crippen LogP contribution in [0, 0.1) is 5.92 Å². The predicted molar refractivity (Wildman–Crippen MR) is 69.2 cm³/mol. The van der Waals surface area contributed by atoms with E-state index in [1.54, 1.807) is 0 Å². The second-order valence-corrected chi connectivity index (χ2v) is 4.59. The highest BCUT2D eigenvalue weighted by atomic mass is 35.5. The van der Waals surface area contributed by atoms with Gasteiger partial charge in [-0.25, -0.2) is 4.98 Å². The lowest BCUT2D eigenvalue weighted by atomic mass is 10.0. The van der Waals surface area contributed by atoms with Crippen molar-refractivity contribution in [3.8, 4) is 0 Å². The van der Waals surface area contributed by atoms with E-state index < -0.39 is 17.9 Å². The highest BCUT2D eigenvalue weighted by Crippen LogP contribution is 2.22. The number of halogens is 1. The van der Waals surface area contributed by atoms with Gasteiger partial charge in [-0.05, 0) is 12.0 Å². The van der Waals surface area contributed by atoms with Crippen molar-refractivity contribution in [1.82, 2.24) is 4.98 Å². The van der Waals surface area contributed by atoms with Crippen molar-refractivity contribution >= 4 is 29.2 Å². The smallest absolute Gasteiger partial charge is 0.250 e. The maximum absolute atomic E-state index is 11.2. The molecule has 1 heterocycles. The number of amides is 2. The summed E-state index contributed by atoms with van der Waals surface area (Å²) in [6.07, 6.45) is 1.29. The van der Waals surface area contributed by atoms with E-state index in [4.69, 9.17) is 23.1 Å². The molecule has 5 N–H and O–H groups in total. The number of hydrogen-bond donors (Lipinski definition) is 3. The van der Waals surface area contributed by atoms with Gasteiger partial charge in [0, 0.05) is 6.20 Å². The number of nitrogens with zero attached hydrogens (tertiary/aromatic N) is 1. The summed E-state index contributed by atoms with van der Waals surface area (Å²) in [6.45, 7) is 3.68. The third-order valence-corrected chi connectivity index (χ3v) is 2.68. The molecule has 0 aromatic carbocycles. The minimum atomic E-state index is -0.619. The fraction of sp³-hybridized carbons (Fsp3) is 0.364. The first kappa shape index (κ1) is 14.2. The number of aromatic nitrogens is 1. The van der Waals surface area contributed by atoms with Crippen molar-refractivity contribution in [2.45, 2.75) is 19.9 Å². The summed E-state index contributed by atoms with van der Waals surface area (Å²) in [5, 5.41) is 3.05. The number of anilines is 1. The summed E-state index contributed by atoms with van der Waals surface area (Å²) in [4.78, 5) is 26.1.